The Bertz CT molecular complexity index is 461. The molecule has 0 amide bonds. The average Bonchev–Trinajstić information content (AvgIpc) is 3.09. The fraction of sp³-hybridized carbons (Fsp3) is 0.714. The SMILES string of the molecule is CC(=O)O[C@@H]1C([C@H]2O[C@@H]2C(C)(C)O)=CC(=O)[C@H](C)[C@H]1O. The van der Waals surface area contributed by atoms with Gasteiger partial charge in [0.25, 0.3) is 0 Å². The van der Waals surface area contributed by atoms with Crippen LogP contribution < -0.4 is 0 Å². The van der Waals surface area contributed by atoms with Crippen LogP contribution in [0.1, 0.15) is 27.7 Å². The number of esters is 1. The summed E-state index contributed by atoms with van der Waals surface area (Å²) in [5.41, 5.74) is -0.647. The predicted octanol–water partition coefficient (Wildman–Crippen LogP) is -0.0375. The van der Waals surface area contributed by atoms with Gasteiger partial charge in [-0.1, -0.05) is 6.92 Å². The topological polar surface area (TPSA) is 96.4 Å². The van der Waals surface area contributed by atoms with Crippen LogP contribution in [0.4, 0.5) is 0 Å². The summed E-state index contributed by atoms with van der Waals surface area (Å²) >= 11 is 0. The molecule has 0 saturated carbocycles. The first-order valence-electron chi connectivity index (χ1n) is 6.61. The minimum absolute atomic E-state index is 0.235. The van der Waals surface area contributed by atoms with E-state index >= 15 is 0 Å². The third kappa shape index (κ3) is 2.77. The van der Waals surface area contributed by atoms with E-state index < -0.39 is 41.9 Å². The summed E-state index contributed by atoms with van der Waals surface area (Å²) in [5.74, 6) is -1.41. The molecule has 0 aromatic rings. The van der Waals surface area contributed by atoms with Crippen molar-refractivity contribution in [2.75, 3.05) is 0 Å². The maximum Gasteiger partial charge on any atom is 0.303 e. The van der Waals surface area contributed by atoms with Gasteiger partial charge in [-0.05, 0) is 19.9 Å². The number of carbonyl (C=O) groups is 2. The fourth-order valence-corrected chi connectivity index (χ4v) is 2.47. The van der Waals surface area contributed by atoms with Gasteiger partial charge in [0.1, 0.15) is 18.3 Å². The molecule has 1 saturated heterocycles. The van der Waals surface area contributed by atoms with Crippen molar-refractivity contribution in [1.29, 1.82) is 0 Å². The van der Waals surface area contributed by atoms with E-state index in [2.05, 4.69) is 0 Å². The molecule has 1 aliphatic heterocycles. The molecule has 112 valence electrons. The predicted molar refractivity (Wildman–Crippen MR) is 68.8 cm³/mol. The second-order valence-electron chi connectivity index (χ2n) is 5.99. The molecule has 0 radical (unpaired) electrons. The zero-order valence-corrected chi connectivity index (χ0v) is 12.0. The van der Waals surface area contributed by atoms with Crippen molar-refractivity contribution in [3.63, 3.8) is 0 Å². The number of epoxide rings is 1. The summed E-state index contributed by atoms with van der Waals surface area (Å²) in [7, 11) is 0. The van der Waals surface area contributed by atoms with Gasteiger partial charge in [0, 0.05) is 18.4 Å². The summed E-state index contributed by atoms with van der Waals surface area (Å²) in [6.45, 7) is 6.02. The zero-order valence-electron chi connectivity index (χ0n) is 12.0. The molecule has 0 aromatic heterocycles. The minimum atomic E-state index is -1.10. The lowest BCUT2D eigenvalue weighted by atomic mass is 9.82. The van der Waals surface area contributed by atoms with Crippen molar-refractivity contribution in [1.82, 2.24) is 0 Å². The lowest BCUT2D eigenvalue weighted by Crippen LogP contribution is -2.45. The number of allylic oxidation sites excluding steroid dienone is 1. The van der Waals surface area contributed by atoms with Gasteiger partial charge in [0.2, 0.25) is 0 Å². The number of aliphatic hydroxyl groups is 2. The highest BCUT2D eigenvalue weighted by Gasteiger charge is 2.55. The van der Waals surface area contributed by atoms with Crippen LogP contribution in [0.2, 0.25) is 0 Å². The molecule has 0 aromatic carbocycles. The molecule has 2 aliphatic rings. The number of hydrogen-bond acceptors (Lipinski definition) is 6. The van der Waals surface area contributed by atoms with Gasteiger partial charge in [0.05, 0.1) is 5.60 Å². The van der Waals surface area contributed by atoms with E-state index in [1.807, 2.05) is 0 Å². The quantitative estimate of drug-likeness (QED) is 0.558. The highest BCUT2D eigenvalue weighted by Crippen LogP contribution is 2.41. The molecule has 6 nitrogen and oxygen atoms in total. The van der Waals surface area contributed by atoms with Crippen molar-refractivity contribution < 1.29 is 29.3 Å². The van der Waals surface area contributed by atoms with Gasteiger partial charge in [-0.25, -0.2) is 0 Å². The van der Waals surface area contributed by atoms with Gasteiger partial charge >= 0.3 is 5.97 Å². The van der Waals surface area contributed by atoms with Crippen molar-refractivity contribution >= 4 is 11.8 Å². The molecular weight excluding hydrogens is 264 g/mol. The number of carbonyl (C=O) groups excluding carboxylic acids is 2. The fourth-order valence-electron chi connectivity index (χ4n) is 2.47. The first kappa shape index (κ1) is 15.2. The average molecular weight is 284 g/mol. The van der Waals surface area contributed by atoms with E-state index in [4.69, 9.17) is 9.47 Å². The first-order chi connectivity index (χ1) is 9.12. The Kier molecular flexibility index (Phi) is 3.75. The Hall–Kier alpha value is -1.24. The van der Waals surface area contributed by atoms with Crippen LogP contribution in [-0.4, -0.2) is 52.0 Å². The van der Waals surface area contributed by atoms with Gasteiger partial charge < -0.3 is 19.7 Å². The van der Waals surface area contributed by atoms with Crippen molar-refractivity contribution in [2.24, 2.45) is 5.92 Å². The summed E-state index contributed by atoms with van der Waals surface area (Å²) in [6, 6.07) is 0. The van der Waals surface area contributed by atoms with Crippen LogP contribution in [0.5, 0.6) is 0 Å². The molecule has 5 atom stereocenters. The van der Waals surface area contributed by atoms with Gasteiger partial charge in [-0.3, -0.25) is 9.59 Å². The lowest BCUT2D eigenvalue weighted by molar-refractivity contribution is -0.154. The van der Waals surface area contributed by atoms with Crippen molar-refractivity contribution in [3.8, 4) is 0 Å². The third-order valence-electron chi connectivity index (χ3n) is 3.72. The normalized spacial score (nSPS) is 37.4. The number of ketones is 1. The van der Waals surface area contributed by atoms with E-state index in [0.717, 1.165) is 0 Å². The molecule has 1 aliphatic carbocycles. The lowest BCUT2D eigenvalue weighted by Gasteiger charge is -2.31. The molecule has 2 N–H and O–H groups in total. The number of aliphatic hydroxyl groups excluding tert-OH is 1. The first-order valence-corrected chi connectivity index (χ1v) is 6.61. The summed E-state index contributed by atoms with van der Waals surface area (Å²) in [6.07, 6.45) is -1.62. The van der Waals surface area contributed by atoms with Crippen LogP contribution in [-0.2, 0) is 19.1 Å². The molecule has 0 bridgehead atoms. The number of hydrogen-bond donors (Lipinski definition) is 2. The van der Waals surface area contributed by atoms with Crippen LogP contribution in [0.15, 0.2) is 11.6 Å². The highest BCUT2D eigenvalue weighted by molar-refractivity contribution is 5.94. The number of rotatable bonds is 3. The zero-order chi connectivity index (χ0) is 15.2. The third-order valence-corrected chi connectivity index (χ3v) is 3.72. The van der Waals surface area contributed by atoms with Crippen LogP contribution in [0.3, 0.4) is 0 Å². The summed E-state index contributed by atoms with van der Waals surface area (Å²) < 4.78 is 10.5. The summed E-state index contributed by atoms with van der Waals surface area (Å²) in [4.78, 5) is 23.0. The van der Waals surface area contributed by atoms with E-state index in [9.17, 15) is 19.8 Å². The molecule has 1 fully saturated rings. The van der Waals surface area contributed by atoms with Crippen molar-refractivity contribution in [3.05, 3.63) is 11.6 Å². The monoisotopic (exact) mass is 284 g/mol. The molecule has 0 spiro atoms. The maximum absolute atomic E-state index is 11.8. The van der Waals surface area contributed by atoms with E-state index in [1.165, 1.54) is 13.0 Å². The highest BCUT2D eigenvalue weighted by atomic mass is 16.6. The molecule has 6 heteroatoms. The molecule has 2 rings (SSSR count). The second-order valence-corrected chi connectivity index (χ2v) is 5.99. The molecule has 1 heterocycles. The summed E-state index contributed by atoms with van der Waals surface area (Å²) in [5, 5.41) is 20.0. The van der Waals surface area contributed by atoms with Crippen LogP contribution >= 0.6 is 0 Å². The Morgan fingerprint density at radius 2 is 2.05 bits per heavy atom. The smallest absolute Gasteiger partial charge is 0.303 e. The minimum Gasteiger partial charge on any atom is -0.455 e. The van der Waals surface area contributed by atoms with E-state index in [-0.39, 0.29) is 5.78 Å². The van der Waals surface area contributed by atoms with Crippen LogP contribution in [0.25, 0.3) is 0 Å². The molecule has 0 unspecified atom stereocenters. The maximum atomic E-state index is 11.8. The number of ether oxygens (including phenoxy) is 2. The largest absolute Gasteiger partial charge is 0.455 e. The van der Waals surface area contributed by atoms with E-state index in [1.54, 1.807) is 20.8 Å². The van der Waals surface area contributed by atoms with Gasteiger partial charge in [-0.15, -0.1) is 0 Å². The Morgan fingerprint density at radius 3 is 2.50 bits per heavy atom. The Morgan fingerprint density at radius 1 is 1.45 bits per heavy atom. The van der Waals surface area contributed by atoms with Crippen LogP contribution in [0, 0.1) is 5.92 Å². The Labute approximate surface area is 117 Å². The van der Waals surface area contributed by atoms with Gasteiger partial charge in [0.15, 0.2) is 11.9 Å². The van der Waals surface area contributed by atoms with Crippen molar-refractivity contribution in [2.45, 2.75) is 57.7 Å². The van der Waals surface area contributed by atoms with Gasteiger partial charge in [-0.2, -0.15) is 0 Å². The Balaban J connectivity index is 2.26. The molecule has 20 heavy (non-hydrogen) atoms. The molecular formula is C14H20O6. The van der Waals surface area contributed by atoms with E-state index in [0.29, 0.717) is 5.57 Å². The standard InChI is InChI=1S/C14H20O6/c1-6-9(16)5-8(11(10(6)17)19-7(2)15)12-13(20-12)14(3,4)18/h5-6,10-13,17-18H,1-4H3/t6-,10+,11+,12+,13-/m0/s1. The second kappa shape index (κ2) is 4.95.